The van der Waals surface area contributed by atoms with Crippen molar-refractivity contribution in [2.75, 3.05) is 13.6 Å². The van der Waals surface area contributed by atoms with E-state index in [9.17, 15) is 0 Å². The number of hydrogen-bond donors (Lipinski definition) is 0. The third-order valence-electron chi connectivity index (χ3n) is 2.33. The minimum absolute atomic E-state index is 0. The summed E-state index contributed by atoms with van der Waals surface area (Å²) in [5.41, 5.74) is 0. The molecule has 1 unspecified atom stereocenters. The minimum atomic E-state index is -1.33. The molecule has 0 aromatic rings. The van der Waals surface area contributed by atoms with Crippen LogP contribution in [-0.2, 0) is 11.2 Å². The van der Waals surface area contributed by atoms with E-state index in [2.05, 4.69) is 43.1 Å². The third kappa shape index (κ3) is 9.09. The summed E-state index contributed by atoms with van der Waals surface area (Å²) in [6.45, 7) is 5.66. The second-order valence-electron chi connectivity index (χ2n) is 3.34. The van der Waals surface area contributed by atoms with Gasteiger partial charge in [0, 0.05) is 26.0 Å². The molecule has 1 aliphatic heterocycles. The summed E-state index contributed by atoms with van der Waals surface area (Å²) < 4.78 is 0. The summed E-state index contributed by atoms with van der Waals surface area (Å²) in [7, 11) is 16.8. The predicted octanol–water partition coefficient (Wildman–Crippen LogP) is 0.921. The van der Waals surface area contributed by atoms with Crippen molar-refractivity contribution in [3.63, 3.8) is 0 Å². The molecule has 1 aliphatic rings. The van der Waals surface area contributed by atoms with E-state index in [1.54, 1.807) is 0 Å². The van der Waals surface area contributed by atoms with Gasteiger partial charge in [-0.1, -0.05) is 13.3 Å². The van der Waals surface area contributed by atoms with Crippen molar-refractivity contribution < 1.29 is 23.6 Å². The van der Waals surface area contributed by atoms with E-state index in [4.69, 9.17) is 30.3 Å². The molecule has 16 heavy (non-hydrogen) atoms. The van der Waals surface area contributed by atoms with Crippen LogP contribution in [0.15, 0.2) is 12.4 Å². The molecule has 0 radical (unpaired) electrons. The Hall–Kier alpha value is 1.02. The van der Waals surface area contributed by atoms with Crippen molar-refractivity contribution >= 4 is 30.3 Å². The Morgan fingerprint density at radius 1 is 1.25 bits per heavy atom. The fourth-order valence-electron chi connectivity index (χ4n) is 1.28. The van der Waals surface area contributed by atoms with E-state index >= 15 is 0 Å². The average molecular weight is 352 g/mol. The molecule has 0 spiro atoms. The number of hydrogen-bond acceptors (Lipinski definition) is 2. The van der Waals surface area contributed by atoms with Crippen LogP contribution in [0.4, 0.5) is 0 Å². The van der Waals surface area contributed by atoms with Gasteiger partial charge < -0.3 is 22.2 Å². The molecule has 1 heterocycles. The van der Waals surface area contributed by atoms with Crippen LogP contribution in [0.1, 0.15) is 26.7 Å². The molecule has 7 heteroatoms. The van der Waals surface area contributed by atoms with Crippen LogP contribution in [0, 0.1) is 0 Å². The van der Waals surface area contributed by atoms with E-state index in [1.807, 2.05) is 0 Å². The monoisotopic (exact) mass is 350 g/mol. The van der Waals surface area contributed by atoms with Crippen LogP contribution >= 0.6 is 30.3 Å². The van der Waals surface area contributed by atoms with Crippen molar-refractivity contribution in [2.45, 2.75) is 32.9 Å². The Labute approximate surface area is 122 Å². The molecule has 0 aliphatic carbocycles. The molecule has 0 bridgehead atoms. The molecule has 0 N–H and O–H groups in total. The Morgan fingerprint density at radius 2 is 1.75 bits per heavy atom. The van der Waals surface area contributed by atoms with Crippen LogP contribution in [-0.4, -0.2) is 29.6 Å². The summed E-state index contributed by atoms with van der Waals surface area (Å²) in [6.07, 6.45) is 7.45. The summed E-state index contributed by atoms with van der Waals surface area (Å²) >= 11 is -1.33. The first-order valence-corrected chi connectivity index (χ1v) is 9.37. The average Bonchev–Trinajstić information content (AvgIpc) is 2.44. The van der Waals surface area contributed by atoms with Crippen molar-refractivity contribution in [3.8, 4) is 0 Å². The maximum absolute atomic E-state index is 4.89. The fraction of sp³-hybridized carbons (Fsp3) is 0.778. The van der Waals surface area contributed by atoms with Gasteiger partial charge in [0.05, 0.1) is 6.17 Å². The SMILES string of the molecule is CCCCN1C=CN(C)C1C.[Cl-].[Cl][Fe]([Cl])[Cl]. The Balaban J connectivity index is 0. The number of halogens is 4. The summed E-state index contributed by atoms with van der Waals surface area (Å²) in [4.78, 5) is 4.61. The van der Waals surface area contributed by atoms with Crippen molar-refractivity contribution in [1.82, 2.24) is 9.80 Å². The molecule has 1 atom stereocenters. The van der Waals surface area contributed by atoms with E-state index in [0.29, 0.717) is 6.17 Å². The third-order valence-corrected chi connectivity index (χ3v) is 2.33. The zero-order chi connectivity index (χ0) is 11.8. The van der Waals surface area contributed by atoms with E-state index in [-0.39, 0.29) is 12.4 Å². The molecule has 0 saturated heterocycles. The van der Waals surface area contributed by atoms with Crippen molar-refractivity contribution in [1.29, 1.82) is 0 Å². The molecule has 0 amide bonds. The van der Waals surface area contributed by atoms with Gasteiger partial charge in [-0.2, -0.15) is 0 Å². The molecule has 0 saturated carbocycles. The van der Waals surface area contributed by atoms with Crippen LogP contribution in [0.5, 0.6) is 0 Å². The van der Waals surface area contributed by atoms with E-state index in [1.165, 1.54) is 19.4 Å². The van der Waals surface area contributed by atoms with Crippen molar-refractivity contribution in [2.24, 2.45) is 0 Å². The van der Waals surface area contributed by atoms with Gasteiger partial charge in [-0.15, -0.1) is 0 Å². The molecule has 0 fully saturated rings. The van der Waals surface area contributed by atoms with Gasteiger partial charge in [-0.3, -0.25) is 0 Å². The van der Waals surface area contributed by atoms with Crippen molar-refractivity contribution in [3.05, 3.63) is 12.4 Å². The Kier molecular flexibility index (Phi) is 13.5. The number of unbranched alkanes of at least 4 members (excludes halogenated alkanes) is 1. The van der Waals surface area contributed by atoms with Gasteiger partial charge in [0.25, 0.3) is 0 Å². The van der Waals surface area contributed by atoms with Gasteiger partial charge in [-0.25, -0.2) is 0 Å². The molecule has 2 nitrogen and oxygen atoms in total. The zero-order valence-electron chi connectivity index (χ0n) is 9.61. The first-order valence-electron chi connectivity index (χ1n) is 4.81. The molecule has 0 aromatic heterocycles. The number of nitrogens with zero attached hydrogens (tertiary/aromatic N) is 2. The topological polar surface area (TPSA) is 6.48 Å². The quantitative estimate of drug-likeness (QED) is 0.698. The molecular weight excluding hydrogens is 334 g/mol. The first-order chi connectivity index (χ1) is 6.99. The Morgan fingerprint density at radius 3 is 2.06 bits per heavy atom. The van der Waals surface area contributed by atoms with Gasteiger partial charge >= 0.3 is 41.5 Å². The second-order valence-corrected chi connectivity index (χ2v) is 8.81. The van der Waals surface area contributed by atoms with Gasteiger partial charge in [-0.05, 0) is 13.3 Å². The molecule has 101 valence electrons. The first kappa shape index (κ1) is 19.4. The number of rotatable bonds is 3. The fourth-order valence-corrected chi connectivity index (χ4v) is 1.28. The van der Waals surface area contributed by atoms with Crippen LogP contribution in [0.25, 0.3) is 0 Å². The molecule has 0 aromatic carbocycles. The molecular formula is C9H18Cl4FeN2-. The second kappa shape index (κ2) is 11.1. The van der Waals surface area contributed by atoms with E-state index < -0.39 is 11.2 Å². The van der Waals surface area contributed by atoms with Crippen LogP contribution in [0.3, 0.4) is 0 Å². The Bertz CT molecular complexity index is 190. The summed E-state index contributed by atoms with van der Waals surface area (Å²) in [5, 5.41) is 0. The normalized spacial score (nSPS) is 18.9. The summed E-state index contributed by atoms with van der Waals surface area (Å²) in [5.74, 6) is 0. The van der Waals surface area contributed by atoms with Gasteiger partial charge in [0.2, 0.25) is 0 Å². The molecule has 1 rings (SSSR count). The van der Waals surface area contributed by atoms with Gasteiger partial charge in [0.1, 0.15) is 0 Å². The van der Waals surface area contributed by atoms with Crippen LogP contribution < -0.4 is 12.4 Å². The predicted molar refractivity (Wildman–Crippen MR) is 65.5 cm³/mol. The van der Waals surface area contributed by atoms with E-state index in [0.717, 1.165) is 0 Å². The zero-order valence-corrected chi connectivity index (χ0v) is 13.7. The van der Waals surface area contributed by atoms with Gasteiger partial charge in [0.15, 0.2) is 0 Å². The maximum atomic E-state index is 4.89. The summed E-state index contributed by atoms with van der Waals surface area (Å²) in [6, 6.07) is 0. The van der Waals surface area contributed by atoms with Crippen LogP contribution in [0.2, 0.25) is 0 Å². The standard InChI is InChI=1S/C9H18N2.4ClH.Fe/c1-4-5-6-11-8-7-10(3)9(11)2;;;;;/h7-9H,4-6H2,1-3H3;4*1H;/q;;;;;+3/p-4.